The summed E-state index contributed by atoms with van der Waals surface area (Å²) in [5, 5.41) is 0.574. The summed E-state index contributed by atoms with van der Waals surface area (Å²) in [4.78, 5) is 8.82. The van der Waals surface area contributed by atoms with Crippen molar-refractivity contribution in [3.63, 3.8) is 0 Å². The third kappa shape index (κ3) is 4.87. The molecule has 0 aliphatic rings. The van der Waals surface area contributed by atoms with Crippen LogP contribution in [0.25, 0.3) is 22.2 Å². The third-order valence-corrected chi connectivity index (χ3v) is 4.91. The van der Waals surface area contributed by atoms with Crippen molar-refractivity contribution in [3.05, 3.63) is 48.0 Å². The zero-order chi connectivity index (χ0) is 23.1. The van der Waals surface area contributed by atoms with Crippen LogP contribution < -0.4 is 0 Å². The Labute approximate surface area is 177 Å². The molecule has 3 aromatic rings. The number of nitrogens with zero attached hydrogens (tertiary/aromatic N) is 4. The summed E-state index contributed by atoms with van der Waals surface area (Å²) in [6.45, 7) is 6.51. The minimum Gasteiger partial charge on any atom is -0.347 e. The number of fused-ring (bicyclic) bond motifs is 1. The molecule has 9 heteroatoms. The standard InChI is InChI=1S/C22H25F5N4/c1-21(2,3)12-31-11-15(18(20(23)24)30(4)5)14-7-6-13(10-16(14)31)17-19(22(25,26)27)29-9-8-28-17/h6-11,18,20H,12H2,1-5H3. The lowest BCUT2D eigenvalue weighted by Gasteiger charge is -2.23. The number of hydrogen-bond acceptors (Lipinski definition) is 3. The first kappa shape index (κ1) is 23.1. The molecule has 1 unspecified atom stereocenters. The van der Waals surface area contributed by atoms with Crippen molar-refractivity contribution in [2.24, 2.45) is 5.41 Å². The predicted molar refractivity (Wildman–Crippen MR) is 110 cm³/mol. The first-order chi connectivity index (χ1) is 14.3. The summed E-state index contributed by atoms with van der Waals surface area (Å²) in [6, 6.07) is 3.50. The van der Waals surface area contributed by atoms with Gasteiger partial charge in [-0.25, -0.2) is 13.8 Å². The molecule has 0 aliphatic heterocycles. The highest BCUT2D eigenvalue weighted by Crippen LogP contribution is 2.38. The normalized spacial score (nSPS) is 14.1. The van der Waals surface area contributed by atoms with E-state index in [1.165, 1.54) is 17.2 Å². The molecule has 0 amide bonds. The lowest BCUT2D eigenvalue weighted by atomic mass is 9.97. The molecule has 4 nitrogen and oxygen atoms in total. The van der Waals surface area contributed by atoms with Crippen molar-refractivity contribution < 1.29 is 22.0 Å². The molecule has 0 radical (unpaired) electrons. The average molecular weight is 440 g/mol. The zero-order valence-electron chi connectivity index (χ0n) is 18.0. The van der Waals surface area contributed by atoms with E-state index in [0.717, 1.165) is 6.20 Å². The van der Waals surface area contributed by atoms with Gasteiger partial charge in [0.1, 0.15) is 5.69 Å². The minimum absolute atomic E-state index is 0.179. The maximum Gasteiger partial charge on any atom is 0.435 e. The number of hydrogen-bond donors (Lipinski definition) is 0. The smallest absolute Gasteiger partial charge is 0.347 e. The van der Waals surface area contributed by atoms with Crippen molar-refractivity contribution in [3.8, 4) is 11.3 Å². The van der Waals surface area contributed by atoms with E-state index in [-0.39, 0.29) is 16.7 Å². The van der Waals surface area contributed by atoms with Crippen LogP contribution in [-0.4, -0.2) is 40.0 Å². The molecule has 3 rings (SSSR count). The highest BCUT2D eigenvalue weighted by molar-refractivity contribution is 5.88. The molecule has 0 N–H and O–H groups in total. The van der Waals surface area contributed by atoms with E-state index in [1.54, 1.807) is 32.4 Å². The predicted octanol–water partition coefficient (Wildman–Crippen LogP) is 6.03. The average Bonchev–Trinajstić information content (AvgIpc) is 2.96. The Hall–Kier alpha value is -2.55. The van der Waals surface area contributed by atoms with Crippen LogP contribution in [0, 0.1) is 5.41 Å². The molecule has 1 atom stereocenters. The molecule has 168 valence electrons. The minimum atomic E-state index is -4.66. The van der Waals surface area contributed by atoms with Crippen molar-refractivity contribution >= 4 is 10.9 Å². The number of aromatic nitrogens is 3. The SMILES string of the molecule is CN(C)C(c1cn(CC(C)(C)C)c2cc(-c3nccnc3C(F)(F)F)ccc12)C(F)F. The maximum atomic E-state index is 13.8. The van der Waals surface area contributed by atoms with Crippen LogP contribution >= 0.6 is 0 Å². The number of halogens is 5. The van der Waals surface area contributed by atoms with Gasteiger partial charge in [-0.1, -0.05) is 32.9 Å². The first-order valence-corrected chi connectivity index (χ1v) is 9.75. The molecular weight excluding hydrogens is 415 g/mol. The molecule has 1 aromatic carbocycles. The molecule has 0 bridgehead atoms. The van der Waals surface area contributed by atoms with E-state index in [4.69, 9.17) is 0 Å². The van der Waals surface area contributed by atoms with Crippen molar-refractivity contribution in [1.29, 1.82) is 0 Å². The van der Waals surface area contributed by atoms with Gasteiger partial charge in [-0.2, -0.15) is 13.2 Å². The van der Waals surface area contributed by atoms with Gasteiger partial charge in [0, 0.05) is 47.2 Å². The van der Waals surface area contributed by atoms with E-state index in [1.807, 2.05) is 25.3 Å². The summed E-state index contributed by atoms with van der Waals surface area (Å²) in [5.41, 5.74) is -0.315. The topological polar surface area (TPSA) is 34.0 Å². The highest BCUT2D eigenvalue weighted by Gasteiger charge is 2.36. The molecule has 31 heavy (non-hydrogen) atoms. The molecule has 0 aliphatic carbocycles. The summed E-state index contributed by atoms with van der Waals surface area (Å²) in [7, 11) is 3.15. The van der Waals surface area contributed by atoms with Crippen molar-refractivity contribution in [2.75, 3.05) is 14.1 Å². The van der Waals surface area contributed by atoms with Gasteiger partial charge in [0.05, 0.1) is 6.04 Å². The van der Waals surface area contributed by atoms with Gasteiger partial charge in [0.15, 0.2) is 5.69 Å². The Morgan fingerprint density at radius 2 is 1.68 bits per heavy atom. The van der Waals surface area contributed by atoms with E-state index < -0.39 is 24.3 Å². The molecule has 0 saturated heterocycles. The zero-order valence-corrected chi connectivity index (χ0v) is 18.0. The van der Waals surface area contributed by atoms with Crippen LogP contribution in [-0.2, 0) is 12.7 Å². The lowest BCUT2D eigenvalue weighted by molar-refractivity contribution is -0.140. The number of alkyl halides is 5. The molecule has 2 aromatic heterocycles. The fraction of sp³-hybridized carbons (Fsp3) is 0.455. The van der Waals surface area contributed by atoms with Crippen LogP contribution in [0.5, 0.6) is 0 Å². The maximum absolute atomic E-state index is 13.8. The summed E-state index contributed by atoms with van der Waals surface area (Å²) < 4.78 is 69.8. The Morgan fingerprint density at radius 3 is 2.23 bits per heavy atom. The summed E-state index contributed by atoms with van der Waals surface area (Å²) in [6.07, 6.45) is -3.41. The van der Waals surface area contributed by atoms with E-state index in [9.17, 15) is 22.0 Å². The van der Waals surface area contributed by atoms with Gasteiger partial charge < -0.3 is 4.57 Å². The summed E-state index contributed by atoms with van der Waals surface area (Å²) in [5.74, 6) is 0. The molecule has 0 saturated carbocycles. The van der Waals surface area contributed by atoms with Crippen molar-refractivity contribution in [2.45, 2.75) is 46.0 Å². The largest absolute Gasteiger partial charge is 0.435 e. The van der Waals surface area contributed by atoms with Gasteiger partial charge in [0.2, 0.25) is 0 Å². The Balaban J connectivity index is 2.26. The Morgan fingerprint density at radius 1 is 1.03 bits per heavy atom. The van der Waals surface area contributed by atoms with Gasteiger partial charge in [-0.3, -0.25) is 9.88 Å². The highest BCUT2D eigenvalue weighted by atomic mass is 19.4. The number of benzene rings is 1. The second-order valence-corrected chi connectivity index (χ2v) is 9.00. The fourth-order valence-corrected chi connectivity index (χ4v) is 3.74. The van der Waals surface area contributed by atoms with Gasteiger partial charge in [0.25, 0.3) is 6.43 Å². The Bertz CT molecular complexity index is 1060. The molecule has 0 spiro atoms. The van der Waals surface area contributed by atoms with Gasteiger partial charge in [-0.15, -0.1) is 0 Å². The van der Waals surface area contributed by atoms with E-state index >= 15 is 0 Å². The van der Waals surface area contributed by atoms with E-state index in [2.05, 4.69) is 9.97 Å². The fourth-order valence-electron chi connectivity index (χ4n) is 3.74. The van der Waals surface area contributed by atoms with Crippen LogP contribution in [0.3, 0.4) is 0 Å². The third-order valence-electron chi connectivity index (χ3n) is 4.91. The lowest BCUT2D eigenvalue weighted by Crippen LogP contribution is -2.26. The van der Waals surface area contributed by atoms with E-state index in [0.29, 0.717) is 23.0 Å². The van der Waals surface area contributed by atoms with Gasteiger partial charge >= 0.3 is 6.18 Å². The monoisotopic (exact) mass is 440 g/mol. The summed E-state index contributed by atoms with van der Waals surface area (Å²) >= 11 is 0. The second kappa shape index (κ2) is 8.18. The molecule has 2 heterocycles. The quantitative estimate of drug-likeness (QED) is 0.454. The molecule has 0 fully saturated rings. The number of rotatable bonds is 5. The Kier molecular flexibility index (Phi) is 6.10. The van der Waals surface area contributed by atoms with Crippen LogP contribution in [0.1, 0.15) is 38.1 Å². The van der Waals surface area contributed by atoms with Crippen LogP contribution in [0.15, 0.2) is 36.8 Å². The molecular formula is C22H25F5N4. The van der Waals surface area contributed by atoms with Gasteiger partial charge in [-0.05, 0) is 25.6 Å². The van der Waals surface area contributed by atoms with Crippen LogP contribution in [0.2, 0.25) is 0 Å². The second-order valence-electron chi connectivity index (χ2n) is 9.00. The first-order valence-electron chi connectivity index (χ1n) is 9.75. The van der Waals surface area contributed by atoms with Crippen LogP contribution in [0.4, 0.5) is 22.0 Å². The van der Waals surface area contributed by atoms with Crippen molar-refractivity contribution in [1.82, 2.24) is 19.4 Å².